The summed E-state index contributed by atoms with van der Waals surface area (Å²) in [5.41, 5.74) is 3.29. The van der Waals surface area contributed by atoms with Crippen LogP contribution in [0.5, 0.6) is 0 Å². The Morgan fingerprint density at radius 3 is 2.55 bits per heavy atom. The number of benzene rings is 2. The molecule has 1 fully saturated rings. The highest BCUT2D eigenvalue weighted by atomic mass is 35.5. The lowest BCUT2D eigenvalue weighted by Crippen LogP contribution is -2.35. The van der Waals surface area contributed by atoms with Gasteiger partial charge in [-0.25, -0.2) is 13.4 Å². The van der Waals surface area contributed by atoms with Gasteiger partial charge in [-0.2, -0.15) is 0 Å². The van der Waals surface area contributed by atoms with Gasteiger partial charge in [0.1, 0.15) is 5.82 Å². The number of nitrogens with one attached hydrogen (secondary N) is 1. The first-order chi connectivity index (χ1) is 19.1. The number of aromatic nitrogens is 1. The fraction of sp³-hybridized carbons (Fsp3) is 0.355. The maximum absolute atomic E-state index is 13.5. The molecule has 0 aliphatic carbocycles. The lowest BCUT2D eigenvalue weighted by molar-refractivity contribution is -0.115. The topological polar surface area (TPSA) is 82.6 Å². The molecule has 3 aromatic rings. The summed E-state index contributed by atoms with van der Waals surface area (Å²) in [5.74, 6) is 6.68. The number of hydrogen-bond donors (Lipinski definition) is 1. The summed E-state index contributed by atoms with van der Waals surface area (Å²) in [6.45, 7) is 8.02. The van der Waals surface area contributed by atoms with E-state index in [4.69, 9.17) is 11.6 Å². The van der Waals surface area contributed by atoms with Gasteiger partial charge in [0.2, 0.25) is 0 Å². The van der Waals surface area contributed by atoms with Crippen LogP contribution in [0.3, 0.4) is 0 Å². The van der Waals surface area contributed by atoms with E-state index in [9.17, 15) is 13.2 Å². The van der Waals surface area contributed by atoms with E-state index in [2.05, 4.69) is 40.0 Å². The highest BCUT2D eigenvalue weighted by molar-refractivity contribution is 7.92. The fourth-order valence-electron chi connectivity index (χ4n) is 4.87. The lowest BCUT2D eigenvalue weighted by Gasteiger charge is -2.33. The molecule has 0 unspecified atom stereocenters. The van der Waals surface area contributed by atoms with Crippen LogP contribution in [-0.2, 0) is 14.8 Å². The normalized spacial score (nSPS) is 13.9. The lowest BCUT2D eigenvalue weighted by atomic mass is 9.93. The van der Waals surface area contributed by atoms with Gasteiger partial charge in [0.05, 0.1) is 10.6 Å². The zero-order chi connectivity index (χ0) is 28.9. The average molecular weight is 579 g/mol. The number of hydrogen-bond acceptors (Lipinski definition) is 5. The van der Waals surface area contributed by atoms with Crippen LogP contribution >= 0.6 is 11.6 Å². The summed E-state index contributed by atoms with van der Waals surface area (Å²) in [6, 6.07) is 14.2. The predicted molar refractivity (Wildman–Crippen MR) is 161 cm³/mol. The Hall–Kier alpha value is -3.54. The second kappa shape index (κ2) is 12.8. The van der Waals surface area contributed by atoms with E-state index in [-0.39, 0.29) is 10.8 Å². The molecule has 2 heterocycles. The third-order valence-corrected chi connectivity index (χ3v) is 9.65. The number of carbonyl (C=O) groups is 1. The summed E-state index contributed by atoms with van der Waals surface area (Å²) < 4.78 is 28.1. The molecule has 1 aromatic heterocycles. The largest absolute Gasteiger partial charge is 0.357 e. The maximum atomic E-state index is 13.5. The van der Waals surface area contributed by atoms with E-state index in [0.29, 0.717) is 39.9 Å². The number of amides is 1. The number of sulfonamides is 1. The van der Waals surface area contributed by atoms with E-state index in [1.165, 1.54) is 16.9 Å². The number of carbonyl (C=O) groups excluding carboxylic acids is 1. The second-order valence-electron chi connectivity index (χ2n) is 10.3. The van der Waals surface area contributed by atoms with E-state index in [0.717, 1.165) is 38.2 Å². The molecule has 0 radical (unpaired) electrons. The fourth-order valence-corrected chi connectivity index (χ4v) is 6.59. The Labute approximate surface area is 242 Å². The van der Waals surface area contributed by atoms with Crippen molar-refractivity contribution in [1.82, 2.24) is 10.3 Å². The highest BCUT2D eigenvalue weighted by Crippen LogP contribution is 2.30. The Kier molecular flexibility index (Phi) is 9.39. The number of anilines is 2. The first-order valence-electron chi connectivity index (χ1n) is 13.4. The molecule has 2 aromatic carbocycles. The Bertz CT molecular complexity index is 1550. The third-order valence-electron chi connectivity index (χ3n) is 7.33. The summed E-state index contributed by atoms with van der Waals surface area (Å²) >= 11 is 6.17. The number of rotatable bonds is 7. The van der Waals surface area contributed by atoms with Crippen molar-refractivity contribution in [2.24, 2.45) is 5.92 Å². The van der Waals surface area contributed by atoms with Crippen molar-refractivity contribution in [2.75, 3.05) is 35.9 Å². The zero-order valence-corrected chi connectivity index (χ0v) is 24.9. The van der Waals surface area contributed by atoms with Gasteiger partial charge in [0.15, 0.2) is 0 Å². The number of pyridine rings is 1. The SMILES string of the molecule is Cc1ccnc(N2CCC(CCNC(=O)C#Cc3ccccc3N(C)S(=O)(=O)c3cc(C)c(Cl)cc3C)CC2)c1. The molecule has 0 bridgehead atoms. The molecule has 0 spiro atoms. The molecular weight excluding hydrogens is 544 g/mol. The van der Waals surface area contributed by atoms with Crippen molar-refractivity contribution in [3.8, 4) is 11.8 Å². The number of nitrogens with zero attached hydrogens (tertiary/aromatic N) is 3. The Morgan fingerprint density at radius 2 is 1.82 bits per heavy atom. The summed E-state index contributed by atoms with van der Waals surface area (Å²) in [5, 5.41) is 3.41. The van der Waals surface area contributed by atoms with Gasteiger partial charge < -0.3 is 10.2 Å². The van der Waals surface area contributed by atoms with E-state index < -0.39 is 10.0 Å². The van der Waals surface area contributed by atoms with Gasteiger partial charge in [-0.3, -0.25) is 9.10 Å². The predicted octanol–water partition coefficient (Wildman–Crippen LogP) is 5.26. The maximum Gasteiger partial charge on any atom is 0.296 e. The van der Waals surface area contributed by atoms with Gasteiger partial charge in [-0.05, 0) is 99.0 Å². The van der Waals surface area contributed by atoms with Crippen molar-refractivity contribution in [3.63, 3.8) is 0 Å². The molecule has 0 atom stereocenters. The molecule has 210 valence electrons. The molecule has 1 aliphatic heterocycles. The highest BCUT2D eigenvalue weighted by Gasteiger charge is 2.25. The Morgan fingerprint density at radius 1 is 1.10 bits per heavy atom. The van der Waals surface area contributed by atoms with Crippen molar-refractivity contribution in [3.05, 3.63) is 82.0 Å². The molecule has 9 heteroatoms. The average Bonchev–Trinajstić information content (AvgIpc) is 2.94. The summed E-state index contributed by atoms with van der Waals surface area (Å²) in [4.78, 5) is 19.5. The van der Waals surface area contributed by atoms with Gasteiger partial charge >= 0.3 is 0 Å². The van der Waals surface area contributed by atoms with Crippen LogP contribution in [0.1, 0.15) is 41.5 Å². The minimum Gasteiger partial charge on any atom is -0.357 e. The number of aryl methyl sites for hydroxylation is 3. The van der Waals surface area contributed by atoms with Crippen LogP contribution in [0.4, 0.5) is 11.5 Å². The number of para-hydroxylation sites is 1. The number of piperidine rings is 1. The monoisotopic (exact) mass is 578 g/mol. The molecular formula is C31H35ClN4O3S. The van der Waals surface area contributed by atoms with E-state index in [1.807, 2.05) is 12.3 Å². The standard InChI is InChI=1S/C31H35ClN4O3S/c1-22-11-15-33-30(19-22)36-17-13-25(14-18-36)12-16-34-31(37)10-9-26-7-5-6-8-28(26)35(4)40(38,39)29-21-23(2)27(32)20-24(29)3/h5-8,11,15,19-21,25H,12-14,16-18H2,1-4H3,(H,34,37). The van der Waals surface area contributed by atoms with Crippen LogP contribution in [0, 0.1) is 38.5 Å². The molecule has 7 nitrogen and oxygen atoms in total. The van der Waals surface area contributed by atoms with Gasteiger partial charge in [-0.15, -0.1) is 0 Å². The first-order valence-corrected chi connectivity index (χ1v) is 15.2. The molecule has 0 saturated carbocycles. The van der Waals surface area contributed by atoms with Crippen LogP contribution in [0.25, 0.3) is 0 Å². The molecule has 1 aliphatic rings. The van der Waals surface area contributed by atoms with Crippen LogP contribution < -0.4 is 14.5 Å². The molecule has 40 heavy (non-hydrogen) atoms. The second-order valence-corrected chi connectivity index (χ2v) is 12.6. The van der Waals surface area contributed by atoms with E-state index in [1.54, 1.807) is 50.2 Å². The van der Waals surface area contributed by atoms with Crippen molar-refractivity contribution in [2.45, 2.75) is 44.9 Å². The smallest absolute Gasteiger partial charge is 0.296 e. The van der Waals surface area contributed by atoms with Gasteiger partial charge in [0.25, 0.3) is 15.9 Å². The van der Waals surface area contributed by atoms with Crippen molar-refractivity contribution in [1.29, 1.82) is 0 Å². The summed E-state index contributed by atoms with van der Waals surface area (Å²) in [7, 11) is -2.39. The third kappa shape index (κ3) is 6.96. The Balaban J connectivity index is 1.34. The van der Waals surface area contributed by atoms with Crippen LogP contribution in [-0.4, -0.2) is 46.0 Å². The van der Waals surface area contributed by atoms with Crippen LogP contribution in [0.15, 0.2) is 59.6 Å². The molecule has 1 amide bonds. The molecule has 4 rings (SSSR count). The number of halogens is 1. The minimum atomic E-state index is -3.87. The zero-order valence-electron chi connectivity index (χ0n) is 23.4. The molecule has 1 saturated heterocycles. The first kappa shape index (κ1) is 29.4. The van der Waals surface area contributed by atoms with Crippen molar-refractivity contribution < 1.29 is 13.2 Å². The van der Waals surface area contributed by atoms with Gasteiger partial charge in [0, 0.05) is 49.4 Å². The summed E-state index contributed by atoms with van der Waals surface area (Å²) in [6.07, 6.45) is 4.85. The quantitative estimate of drug-likeness (QED) is 0.387. The van der Waals surface area contributed by atoms with Crippen molar-refractivity contribution >= 4 is 39.0 Å². The van der Waals surface area contributed by atoms with E-state index >= 15 is 0 Å². The molecule has 1 N–H and O–H groups in total. The van der Waals surface area contributed by atoms with Crippen LogP contribution in [0.2, 0.25) is 5.02 Å². The minimum absolute atomic E-state index is 0.179. The van der Waals surface area contributed by atoms with Gasteiger partial charge in [-0.1, -0.05) is 29.7 Å².